The smallest absolute Gasteiger partial charge is 0.195 e. The molecule has 0 spiro atoms. The summed E-state index contributed by atoms with van der Waals surface area (Å²) in [6.45, 7) is -3.28. The van der Waals surface area contributed by atoms with Crippen molar-refractivity contribution >= 4 is 19.1 Å². The average Bonchev–Trinajstić information content (AvgIpc) is 2.32. The number of allylic oxidation sites excluding steroid dienone is 2. The Morgan fingerprint density at radius 3 is 2.17 bits per heavy atom. The van der Waals surface area contributed by atoms with Gasteiger partial charge in [0.25, 0.3) is 0 Å². The van der Waals surface area contributed by atoms with Gasteiger partial charge in [0, 0.05) is 0 Å². The molecule has 1 aliphatic rings. The molecule has 0 atom stereocenters. The molecule has 0 radical (unpaired) electrons. The fourth-order valence-corrected chi connectivity index (χ4v) is 3.64. The van der Waals surface area contributed by atoms with E-state index in [-0.39, 0.29) is 0 Å². The monoisotopic (exact) mass is 216 g/mol. The van der Waals surface area contributed by atoms with Gasteiger partial charge in [0.05, 0.1) is 0 Å². The van der Waals surface area contributed by atoms with E-state index < -0.39 is 25.7 Å². The van der Waals surface area contributed by atoms with Crippen molar-refractivity contribution in [2.24, 2.45) is 0 Å². The van der Waals surface area contributed by atoms with Crippen molar-refractivity contribution in [1.29, 1.82) is 0 Å². The van der Waals surface area contributed by atoms with Crippen LogP contribution >= 0.6 is 9.93 Å². The number of thiol groups is 1. The maximum absolute atomic E-state index is 11.5. The first-order chi connectivity index (χ1) is 5.52. The molecule has 0 N–H and O–H groups in total. The topological polar surface area (TPSA) is 43.4 Å². The summed E-state index contributed by atoms with van der Waals surface area (Å²) in [5.74, 6) is 0. The Balaban J connectivity index is 2.72. The second-order valence-electron chi connectivity index (χ2n) is 1.83. The van der Waals surface area contributed by atoms with E-state index in [0.29, 0.717) is 0 Å². The van der Waals surface area contributed by atoms with Gasteiger partial charge in [-0.25, -0.2) is 0 Å². The van der Waals surface area contributed by atoms with Gasteiger partial charge in [-0.1, -0.05) is 22.1 Å². The molecule has 0 bridgehead atoms. The van der Waals surface area contributed by atoms with Crippen LogP contribution in [0.2, 0.25) is 0 Å². The Morgan fingerprint density at radius 2 is 1.75 bits per heavy atom. The highest BCUT2D eigenvalue weighted by Gasteiger charge is 2.23. The highest BCUT2D eigenvalue weighted by molar-refractivity contribution is 8.82. The second-order valence-corrected chi connectivity index (χ2v) is 6.80. The van der Waals surface area contributed by atoms with Gasteiger partial charge in [-0.2, -0.15) is 21.4 Å². The number of hydrogen-bond donors (Lipinski definition) is 1. The van der Waals surface area contributed by atoms with Crippen LogP contribution in [0, 0.1) is 0 Å². The van der Waals surface area contributed by atoms with Crippen molar-refractivity contribution in [2.45, 2.75) is 6.61 Å². The molecule has 0 fully saturated rings. The van der Waals surface area contributed by atoms with Crippen molar-refractivity contribution in [1.82, 2.24) is 0 Å². The van der Waals surface area contributed by atoms with E-state index in [1.54, 1.807) is 0 Å². The molecular weight excluding hydrogens is 210 g/mol. The summed E-state index contributed by atoms with van der Waals surface area (Å²) < 4.78 is 48.3. The molecule has 0 aromatic rings. The van der Waals surface area contributed by atoms with E-state index in [9.17, 15) is 17.2 Å². The molecule has 1 heterocycles. The number of hydrogen-bond acceptors (Lipinski definition) is 3. The van der Waals surface area contributed by atoms with Crippen LogP contribution in [0.15, 0.2) is 23.0 Å². The van der Waals surface area contributed by atoms with Crippen LogP contribution in [0.25, 0.3) is 0 Å². The lowest BCUT2D eigenvalue weighted by Crippen LogP contribution is -2.07. The standard InChI is InChI=1S/C5H6F2O3S2/c6-5(7)10-12(8,9)11-3-1-2-4-11/h1-5,11H. The van der Waals surface area contributed by atoms with Crippen LogP contribution in [0.1, 0.15) is 0 Å². The van der Waals surface area contributed by atoms with E-state index in [1.807, 2.05) is 0 Å². The molecule has 1 rings (SSSR count). The van der Waals surface area contributed by atoms with Gasteiger partial charge in [-0.3, -0.25) is 0 Å². The zero-order chi connectivity index (χ0) is 9.19. The Hall–Kier alpha value is -0.400. The predicted octanol–water partition coefficient (Wildman–Crippen LogP) is 1.51. The molecule has 0 aliphatic carbocycles. The third-order valence-electron chi connectivity index (χ3n) is 1.03. The molecular formula is C5H6F2O3S2. The molecule has 0 saturated heterocycles. The van der Waals surface area contributed by atoms with Crippen LogP contribution in [-0.2, 0) is 13.3 Å². The SMILES string of the molecule is O=S(=O)(OC(F)F)[SH]1C=CC=C1. The first-order valence-corrected chi connectivity index (χ1v) is 6.36. The van der Waals surface area contributed by atoms with E-state index in [2.05, 4.69) is 4.18 Å². The van der Waals surface area contributed by atoms with E-state index >= 15 is 0 Å². The first-order valence-electron chi connectivity index (χ1n) is 2.87. The number of halogens is 2. The summed E-state index contributed by atoms with van der Waals surface area (Å²) in [7, 11) is -5.83. The largest absolute Gasteiger partial charge is 0.359 e. The Morgan fingerprint density at radius 1 is 1.25 bits per heavy atom. The van der Waals surface area contributed by atoms with E-state index in [0.717, 1.165) is 0 Å². The van der Waals surface area contributed by atoms with Crippen LogP contribution in [0.5, 0.6) is 0 Å². The third-order valence-corrected chi connectivity index (χ3v) is 5.40. The van der Waals surface area contributed by atoms with Crippen molar-refractivity contribution in [3.63, 3.8) is 0 Å². The minimum Gasteiger partial charge on any atom is -0.195 e. The molecule has 3 nitrogen and oxygen atoms in total. The van der Waals surface area contributed by atoms with Gasteiger partial charge < -0.3 is 0 Å². The van der Waals surface area contributed by atoms with Gasteiger partial charge in [0.1, 0.15) is 0 Å². The molecule has 7 heteroatoms. The summed E-state index contributed by atoms with van der Waals surface area (Å²) in [4.78, 5) is 0. The maximum Gasteiger partial charge on any atom is 0.359 e. The quantitative estimate of drug-likeness (QED) is 0.574. The van der Waals surface area contributed by atoms with Crippen LogP contribution in [0.4, 0.5) is 8.78 Å². The Bertz CT molecular complexity index is 295. The van der Waals surface area contributed by atoms with Gasteiger partial charge in [0.15, 0.2) is 0 Å². The van der Waals surface area contributed by atoms with E-state index in [1.165, 1.54) is 23.0 Å². The highest BCUT2D eigenvalue weighted by atomic mass is 33.2. The Kier molecular flexibility index (Phi) is 2.86. The minimum absolute atomic E-state index is 1.33. The molecule has 0 unspecified atom stereocenters. The van der Waals surface area contributed by atoms with E-state index in [4.69, 9.17) is 0 Å². The lowest BCUT2D eigenvalue weighted by Gasteiger charge is -2.09. The van der Waals surface area contributed by atoms with Crippen molar-refractivity contribution in [3.8, 4) is 0 Å². The molecule has 0 amide bonds. The molecule has 12 heavy (non-hydrogen) atoms. The summed E-state index contributed by atoms with van der Waals surface area (Å²) in [6, 6.07) is 0. The molecule has 1 aliphatic heterocycles. The van der Waals surface area contributed by atoms with Crippen LogP contribution in [0.3, 0.4) is 0 Å². The Labute approximate surface area is 70.6 Å². The second kappa shape index (κ2) is 3.55. The minimum atomic E-state index is -4.12. The molecule has 0 saturated carbocycles. The predicted molar refractivity (Wildman–Crippen MR) is 43.3 cm³/mol. The summed E-state index contributed by atoms with van der Waals surface area (Å²) in [5.41, 5.74) is 0. The van der Waals surface area contributed by atoms with Gasteiger partial charge in [-0.05, 0) is 10.8 Å². The zero-order valence-electron chi connectivity index (χ0n) is 5.72. The summed E-state index contributed by atoms with van der Waals surface area (Å²) in [5, 5.41) is 2.65. The molecule has 70 valence electrons. The normalized spacial score (nSPS) is 19.4. The van der Waals surface area contributed by atoms with Crippen LogP contribution in [-0.4, -0.2) is 15.0 Å². The maximum atomic E-state index is 11.5. The molecule has 0 aromatic heterocycles. The van der Waals surface area contributed by atoms with Gasteiger partial charge in [0.2, 0.25) is 0 Å². The van der Waals surface area contributed by atoms with Gasteiger partial charge >= 0.3 is 15.8 Å². The summed E-state index contributed by atoms with van der Waals surface area (Å²) >= 11 is 0. The molecule has 0 aromatic carbocycles. The lowest BCUT2D eigenvalue weighted by atomic mass is 10.6. The lowest BCUT2D eigenvalue weighted by molar-refractivity contribution is -0.0420. The summed E-state index contributed by atoms with van der Waals surface area (Å²) in [6.07, 6.45) is 2.97. The highest BCUT2D eigenvalue weighted by Crippen LogP contribution is 2.41. The number of rotatable bonds is 3. The fourth-order valence-electron chi connectivity index (χ4n) is 0.609. The number of alkyl halides is 2. The third kappa shape index (κ3) is 2.29. The van der Waals surface area contributed by atoms with Crippen LogP contribution < -0.4 is 0 Å². The first kappa shape index (κ1) is 9.69. The van der Waals surface area contributed by atoms with Gasteiger partial charge in [-0.15, -0.1) is 0 Å². The van der Waals surface area contributed by atoms with Crippen molar-refractivity contribution in [2.75, 3.05) is 0 Å². The van der Waals surface area contributed by atoms with Crippen molar-refractivity contribution in [3.05, 3.63) is 23.0 Å². The fraction of sp³-hybridized carbons (Fsp3) is 0.200. The zero-order valence-corrected chi connectivity index (χ0v) is 7.43. The average molecular weight is 216 g/mol. The van der Waals surface area contributed by atoms with Crippen molar-refractivity contribution < 1.29 is 21.4 Å².